The van der Waals surface area contributed by atoms with Crippen molar-refractivity contribution in [3.8, 4) is 0 Å². The molecule has 1 heterocycles. The minimum atomic E-state index is -0.0239. The number of methoxy groups -OCH3 is 1. The van der Waals surface area contributed by atoms with Crippen LogP contribution in [0.15, 0.2) is 0 Å². The summed E-state index contributed by atoms with van der Waals surface area (Å²) in [5, 5.41) is 4.36. The van der Waals surface area contributed by atoms with Crippen molar-refractivity contribution in [1.29, 1.82) is 0 Å². The van der Waals surface area contributed by atoms with Gasteiger partial charge in [0.05, 0.1) is 17.3 Å². The molecule has 0 unspecified atom stereocenters. The summed E-state index contributed by atoms with van der Waals surface area (Å²) < 4.78 is 5.04. The highest BCUT2D eigenvalue weighted by atomic mass is 32.1. The van der Waals surface area contributed by atoms with E-state index in [9.17, 15) is 4.79 Å². The first-order valence-corrected chi connectivity index (χ1v) is 7.24. The predicted molar refractivity (Wildman–Crippen MR) is 79.1 cm³/mol. The van der Waals surface area contributed by atoms with Crippen LogP contribution in [0.2, 0.25) is 0 Å². The fourth-order valence-electron chi connectivity index (χ4n) is 1.99. The second-order valence-electron chi connectivity index (χ2n) is 4.98. The number of nitrogens with zero attached hydrogens (tertiary/aromatic N) is 1. The minimum Gasteiger partial charge on any atom is -0.397 e. The molecule has 1 amide bonds. The summed E-state index contributed by atoms with van der Waals surface area (Å²) in [7, 11) is 5.17. The van der Waals surface area contributed by atoms with Crippen molar-refractivity contribution >= 4 is 27.9 Å². The fourth-order valence-corrected chi connectivity index (χ4v) is 3.25. The number of thiophene rings is 1. The summed E-state index contributed by atoms with van der Waals surface area (Å²) in [6, 6.07) is 0. The van der Waals surface area contributed by atoms with Crippen molar-refractivity contribution in [2.45, 2.75) is 18.8 Å². The van der Waals surface area contributed by atoms with Gasteiger partial charge in [0.1, 0.15) is 4.88 Å². The molecular weight excluding hydrogens is 262 g/mol. The van der Waals surface area contributed by atoms with Gasteiger partial charge in [-0.1, -0.05) is 0 Å². The predicted octanol–water partition coefficient (Wildman–Crippen LogP) is 1.97. The number of hydrogen-bond donors (Lipinski definition) is 2. The SMILES string of the molecule is COCCNc1sc(C(=O)N(C)C)c(N)c1C1CC1. The lowest BCUT2D eigenvalue weighted by molar-refractivity contribution is 0.0833. The van der Waals surface area contributed by atoms with Gasteiger partial charge >= 0.3 is 0 Å². The summed E-state index contributed by atoms with van der Waals surface area (Å²) in [5.41, 5.74) is 7.97. The minimum absolute atomic E-state index is 0.0239. The van der Waals surface area contributed by atoms with E-state index in [1.807, 2.05) is 0 Å². The third-order valence-corrected chi connectivity index (χ3v) is 4.33. The Hall–Kier alpha value is -1.27. The maximum Gasteiger partial charge on any atom is 0.265 e. The quantitative estimate of drug-likeness (QED) is 0.783. The molecule has 0 aromatic carbocycles. The van der Waals surface area contributed by atoms with E-state index in [-0.39, 0.29) is 5.91 Å². The molecule has 1 aliphatic rings. The molecule has 1 aromatic rings. The Labute approximate surface area is 117 Å². The first-order chi connectivity index (χ1) is 9.06. The van der Waals surface area contributed by atoms with Crippen molar-refractivity contribution in [1.82, 2.24) is 4.90 Å². The van der Waals surface area contributed by atoms with Crippen molar-refractivity contribution in [3.05, 3.63) is 10.4 Å². The number of nitrogens with two attached hydrogens (primary N) is 1. The lowest BCUT2D eigenvalue weighted by Gasteiger charge is -2.08. The summed E-state index contributed by atoms with van der Waals surface area (Å²) in [6.07, 6.45) is 2.32. The van der Waals surface area contributed by atoms with Crippen molar-refractivity contribution < 1.29 is 9.53 Å². The zero-order valence-electron chi connectivity index (χ0n) is 11.7. The van der Waals surface area contributed by atoms with Crippen LogP contribution in [0, 0.1) is 0 Å². The first-order valence-electron chi connectivity index (χ1n) is 6.42. The van der Waals surface area contributed by atoms with Crippen LogP contribution in [0.3, 0.4) is 0 Å². The molecule has 6 heteroatoms. The van der Waals surface area contributed by atoms with Gasteiger partial charge in [-0.2, -0.15) is 0 Å². The van der Waals surface area contributed by atoms with Gasteiger partial charge in [0.25, 0.3) is 5.91 Å². The summed E-state index contributed by atoms with van der Waals surface area (Å²) >= 11 is 1.46. The van der Waals surface area contributed by atoms with Gasteiger partial charge < -0.3 is 20.7 Å². The van der Waals surface area contributed by atoms with E-state index in [0.29, 0.717) is 23.1 Å². The average Bonchev–Trinajstić information content (AvgIpc) is 3.14. The number of carbonyl (C=O) groups is 1. The molecule has 106 valence electrons. The van der Waals surface area contributed by atoms with E-state index in [1.54, 1.807) is 26.1 Å². The fraction of sp³-hybridized carbons (Fsp3) is 0.615. The van der Waals surface area contributed by atoms with Gasteiger partial charge in [-0.05, 0) is 18.8 Å². The van der Waals surface area contributed by atoms with E-state index in [4.69, 9.17) is 10.5 Å². The summed E-state index contributed by atoms with van der Waals surface area (Å²) in [4.78, 5) is 14.3. The summed E-state index contributed by atoms with van der Waals surface area (Å²) in [5.74, 6) is 0.495. The highest BCUT2D eigenvalue weighted by Crippen LogP contribution is 2.50. The van der Waals surface area contributed by atoms with Crippen LogP contribution in [0.1, 0.15) is 34.0 Å². The molecule has 19 heavy (non-hydrogen) atoms. The topological polar surface area (TPSA) is 67.6 Å². The van der Waals surface area contributed by atoms with E-state index >= 15 is 0 Å². The van der Waals surface area contributed by atoms with Gasteiger partial charge in [-0.15, -0.1) is 11.3 Å². The number of carbonyl (C=O) groups excluding carboxylic acids is 1. The number of hydrogen-bond acceptors (Lipinski definition) is 5. The molecule has 1 fully saturated rings. The normalized spacial score (nSPS) is 14.5. The Balaban J connectivity index is 2.25. The van der Waals surface area contributed by atoms with Crippen LogP contribution >= 0.6 is 11.3 Å². The molecule has 0 aliphatic heterocycles. The highest BCUT2D eigenvalue weighted by Gasteiger charge is 2.33. The molecule has 5 nitrogen and oxygen atoms in total. The third-order valence-electron chi connectivity index (χ3n) is 3.16. The molecule has 3 N–H and O–H groups in total. The standard InChI is InChI=1S/C13H21N3O2S/c1-16(2)13(17)11-10(14)9(8-4-5-8)12(19-11)15-6-7-18-3/h8,15H,4-7,14H2,1-3H3. The van der Waals surface area contributed by atoms with E-state index in [0.717, 1.165) is 30.0 Å². The van der Waals surface area contributed by atoms with Gasteiger partial charge in [0.2, 0.25) is 0 Å². The molecule has 0 saturated heterocycles. The molecule has 0 atom stereocenters. The largest absolute Gasteiger partial charge is 0.397 e. The molecule has 1 aliphatic carbocycles. The summed E-state index contributed by atoms with van der Waals surface area (Å²) in [6.45, 7) is 1.37. The van der Waals surface area contributed by atoms with E-state index in [2.05, 4.69) is 5.32 Å². The zero-order chi connectivity index (χ0) is 14.0. The van der Waals surface area contributed by atoms with Gasteiger partial charge in [-0.25, -0.2) is 0 Å². The Morgan fingerprint density at radius 3 is 2.74 bits per heavy atom. The number of ether oxygens (including phenoxy) is 1. The Kier molecular flexibility index (Phi) is 4.31. The van der Waals surface area contributed by atoms with Crippen molar-refractivity contribution in [2.24, 2.45) is 0 Å². The molecule has 1 saturated carbocycles. The Morgan fingerprint density at radius 1 is 1.53 bits per heavy atom. The number of anilines is 2. The number of rotatable bonds is 6. The molecule has 0 spiro atoms. The molecule has 0 radical (unpaired) electrons. The third kappa shape index (κ3) is 3.01. The zero-order valence-corrected chi connectivity index (χ0v) is 12.5. The Morgan fingerprint density at radius 2 is 2.21 bits per heavy atom. The van der Waals surface area contributed by atoms with Crippen molar-refractivity contribution in [2.75, 3.05) is 45.4 Å². The van der Waals surface area contributed by atoms with Crippen LogP contribution in [0.25, 0.3) is 0 Å². The van der Waals surface area contributed by atoms with Crippen LogP contribution in [0.5, 0.6) is 0 Å². The number of nitrogens with one attached hydrogen (secondary N) is 1. The van der Waals surface area contributed by atoms with Crippen LogP contribution in [-0.2, 0) is 4.74 Å². The molecule has 1 aromatic heterocycles. The van der Waals surface area contributed by atoms with E-state index < -0.39 is 0 Å². The maximum absolute atomic E-state index is 12.1. The Bertz CT molecular complexity index is 467. The second kappa shape index (κ2) is 5.79. The van der Waals surface area contributed by atoms with Gasteiger partial charge in [0.15, 0.2) is 0 Å². The van der Waals surface area contributed by atoms with Crippen LogP contribution in [0.4, 0.5) is 10.7 Å². The maximum atomic E-state index is 12.1. The number of amides is 1. The van der Waals surface area contributed by atoms with Crippen molar-refractivity contribution in [3.63, 3.8) is 0 Å². The lowest BCUT2D eigenvalue weighted by atomic mass is 10.1. The molecular formula is C13H21N3O2S. The van der Waals surface area contributed by atoms with Gasteiger partial charge in [-0.3, -0.25) is 4.79 Å². The van der Waals surface area contributed by atoms with E-state index in [1.165, 1.54) is 11.3 Å². The first kappa shape index (κ1) is 14.1. The van der Waals surface area contributed by atoms with Crippen LogP contribution < -0.4 is 11.1 Å². The smallest absolute Gasteiger partial charge is 0.265 e. The monoisotopic (exact) mass is 283 g/mol. The van der Waals surface area contributed by atoms with Gasteiger partial charge in [0, 0.05) is 33.3 Å². The highest BCUT2D eigenvalue weighted by molar-refractivity contribution is 7.18. The molecule has 2 rings (SSSR count). The number of nitrogen functional groups attached to an aromatic ring is 1. The van der Waals surface area contributed by atoms with Crippen LogP contribution in [-0.4, -0.2) is 45.2 Å². The second-order valence-corrected chi connectivity index (χ2v) is 6.00. The molecule has 0 bridgehead atoms. The average molecular weight is 283 g/mol. The lowest BCUT2D eigenvalue weighted by Crippen LogP contribution is -2.21.